The predicted octanol–water partition coefficient (Wildman–Crippen LogP) is -0.601. The summed E-state index contributed by atoms with van der Waals surface area (Å²) in [6, 6.07) is 0. The van der Waals surface area contributed by atoms with Crippen LogP contribution in [0.3, 0.4) is 0 Å². The first kappa shape index (κ1) is 33.5. The summed E-state index contributed by atoms with van der Waals surface area (Å²) >= 11 is 0. The van der Waals surface area contributed by atoms with Crippen LogP contribution in [-0.2, 0) is 44.5 Å². The number of hydrogen-bond acceptors (Lipinski definition) is 4. The van der Waals surface area contributed by atoms with Gasteiger partial charge in [0.25, 0.3) is 0 Å². The first-order valence-corrected chi connectivity index (χ1v) is 17.0. The Bertz CT molecular complexity index is 609. The van der Waals surface area contributed by atoms with E-state index in [0.29, 0.717) is 26.4 Å². The molecule has 0 unspecified atom stereocenters. The van der Waals surface area contributed by atoms with Crippen molar-refractivity contribution in [3.8, 4) is 0 Å². The van der Waals surface area contributed by atoms with Gasteiger partial charge in [-0.3, -0.25) is 0 Å². The third kappa shape index (κ3) is 12.4. The Kier molecular flexibility index (Phi) is 16.6. The van der Waals surface area contributed by atoms with Crippen LogP contribution < -0.4 is 24.8 Å². The van der Waals surface area contributed by atoms with Crippen molar-refractivity contribution in [1.29, 1.82) is 0 Å². The van der Waals surface area contributed by atoms with Crippen molar-refractivity contribution in [1.82, 2.24) is 0 Å². The van der Waals surface area contributed by atoms with Gasteiger partial charge in [0.05, 0.1) is 13.2 Å². The van der Waals surface area contributed by atoms with Crippen molar-refractivity contribution in [2.24, 2.45) is 5.92 Å². The van der Waals surface area contributed by atoms with Crippen LogP contribution in [-0.4, -0.2) is 43.1 Å². The Morgan fingerprint density at radius 1 is 0.742 bits per heavy atom. The van der Waals surface area contributed by atoms with Gasteiger partial charge in [-0.05, 0) is 50.8 Å². The van der Waals surface area contributed by atoms with E-state index in [9.17, 15) is 0 Å². The van der Waals surface area contributed by atoms with E-state index < -0.39 is 16.6 Å². The quantitative estimate of drug-likeness (QED) is 0.175. The third-order valence-electron chi connectivity index (χ3n) is 4.36. The van der Waals surface area contributed by atoms with E-state index >= 15 is 0 Å². The fourth-order valence-electron chi connectivity index (χ4n) is 3.06. The van der Waals surface area contributed by atoms with Crippen LogP contribution in [0.2, 0.25) is 39.3 Å². The molecule has 0 aliphatic heterocycles. The Morgan fingerprint density at radius 3 is 1.42 bits per heavy atom. The Balaban J connectivity index is 0. The molecule has 2 rings (SSSR count). The molecular weight excluding hydrogens is 547 g/mol. The van der Waals surface area contributed by atoms with Gasteiger partial charge in [-0.25, -0.2) is 12.2 Å². The molecule has 0 aromatic carbocycles. The molecule has 2 aliphatic carbocycles. The standard InChI is InChI=1S/C22H36O4Si2.2ClH.Zr/c1-18(19-10-8-12-21(19)23-14-16-25-27(2,3)4)20-11-9-13-22(20)24-15-17-26-28(5,6)7;;;/h10-11,18H,8-9,14-17H2,1-7H3;2*1H;/q-2;;;+4/p-2. The molecule has 174 valence electrons. The number of allylic oxidation sites excluding steroid dienone is 6. The van der Waals surface area contributed by atoms with Gasteiger partial charge in [0.2, 0.25) is 0 Å². The fraction of sp³-hybridized carbons (Fsp3) is 0.636. The Hall–Kier alpha value is 0.377. The third-order valence-corrected chi connectivity index (χ3v) is 6.50. The zero-order valence-corrected chi connectivity index (χ0v) is 25.8. The monoisotopic (exact) mass is 580 g/mol. The second-order valence-electron chi connectivity index (χ2n) is 9.08. The van der Waals surface area contributed by atoms with Gasteiger partial charge in [0.1, 0.15) is 13.2 Å². The summed E-state index contributed by atoms with van der Waals surface area (Å²) in [7, 11) is -3.00. The summed E-state index contributed by atoms with van der Waals surface area (Å²) in [6.45, 7) is 17.7. The van der Waals surface area contributed by atoms with Crippen LogP contribution in [0.1, 0.15) is 19.8 Å². The minimum atomic E-state index is -1.50. The summed E-state index contributed by atoms with van der Waals surface area (Å²) in [4.78, 5) is 0. The van der Waals surface area contributed by atoms with E-state index in [2.05, 4.69) is 70.5 Å². The molecule has 31 heavy (non-hydrogen) atoms. The van der Waals surface area contributed by atoms with Gasteiger partial charge < -0.3 is 43.1 Å². The summed E-state index contributed by atoms with van der Waals surface area (Å²) < 4.78 is 23.7. The van der Waals surface area contributed by atoms with E-state index in [1.54, 1.807) is 0 Å². The maximum absolute atomic E-state index is 5.98. The van der Waals surface area contributed by atoms with Crippen LogP contribution in [0.25, 0.3) is 0 Å². The minimum Gasteiger partial charge on any atom is -1.00 e. The molecule has 0 spiro atoms. The molecule has 0 aromatic heterocycles. The minimum absolute atomic E-state index is 0. The fourth-order valence-corrected chi connectivity index (χ4v) is 4.45. The second kappa shape index (κ2) is 15.3. The van der Waals surface area contributed by atoms with E-state index in [1.807, 2.05) is 0 Å². The van der Waals surface area contributed by atoms with E-state index in [0.717, 1.165) is 24.4 Å². The van der Waals surface area contributed by atoms with Crippen LogP contribution >= 0.6 is 0 Å². The molecule has 0 aromatic rings. The number of rotatable bonds is 12. The number of halogens is 2. The van der Waals surface area contributed by atoms with Crippen LogP contribution in [0.15, 0.2) is 34.8 Å². The molecule has 0 heterocycles. The molecular formula is C22H36Cl2O4Si2Zr. The SMILES string of the molecule is CC(C1=CC[C-]=C1OCCO[Si](C)(C)C)C1=CC[C-]=C1OCCO[Si](C)(C)C.[Cl-].[Cl-].[Zr+4]. The molecule has 0 amide bonds. The van der Waals surface area contributed by atoms with Crippen LogP contribution in [0, 0.1) is 18.1 Å². The summed E-state index contributed by atoms with van der Waals surface area (Å²) in [5.41, 5.74) is 2.37. The van der Waals surface area contributed by atoms with Gasteiger partial charge >= 0.3 is 26.2 Å². The largest absolute Gasteiger partial charge is 4.00 e. The molecule has 0 N–H and O–H groups in total. The van der Waals surface area contributed by atoms with Gasteiger partial charge in [-0.1, -0.05) is 6.92 Å². The van der Waals surface area contributed by atoms with Crippen molar-refractivity contribution in [3.05, 3.63) is 47.0 Å². The van der Waals surface area contributed by atoms with Crippen molar-refractivity contribution < 1.29 is 69.3 Å². The van der Waals surface area contributed by atoms with Crippen LogP contribution in [0.5, 0.6) is 0 Å². The smallest absolute Gasteiger partial charge is 1.00 e. The van der Waals surface area contributed by atoms with Crippen LogP contribution in [0.4, 0.5) is 0 Å². The molecule has 0 bridgehead atoms. The normalized spacial score (nSPS) is 15.7. The molecule has 0 atom stereocenters. The maximum Gasteiger partial charge on any atom is 4.00 e. The first-order chi connectivity index (χ1) is 13.1. The molecule has 9 heteroatoms. The molecule has 0 radical (unpaired) electrons. The first-order valence-electron chi connectivity index (χ1n) is 10.2. The number of ether oxygens (including phenoxy) is 2. The summed E-state index contributed by atoms with van der Waals surface area (Å²) in [5.74, 6) is 1.92. The van der Waals surface area contributed by atoms with E-state index in [-0.39, 0.29) is 56.9 Å². The molecule has 0 fully saturated rings. The summed E-state index contributed by atoms with van der Waals surface area (Å²) in [6.07, 6.45) is 12.7. The van der Waals surface area contributed by atoms with Crippen molar-refractivity contribution in [3.63, 3.8) is 0 Å². The Morgan fingerprint density at radius 2 is 1.10 bits per heavy atom. The zero-order valence-electron chi connectivity index (χ0n) is 19.9. The topological polar surface area (TPSA) is 36.9 Å². The van der Waals surface area contributed by atoms with Gasteiger partial charge in [0, 0.05) is 0 Å². The summed E-state index contributed by atoms with van der Waals surface area (Å²) in [5, 5.41) is 0. The maximum atomic E-state index is 5.98. The van der Waals surface area contributed by atoms with E-state index in [4.69, 9.17) is 18.3 Å². The van der Waals surface area contributed by atoms with E-state index in [1.165, 1.54) is 11.1 Å². The molecule has 0 saturated carbocycles. The molecule has 0 saturated heterocycles. The van der Waals surface area contributed by atoms with Crippen molar-refractivity contribution in [2.75, 3.05) is 26.4 Å². The van der Waals surface area contributed by atoms with Gasteiger partial charge in [0.15, 0.2) is 16.6 Å². The number of hydrogen-bond donors (Lipinski definition) is 0. The average molecular weight is 583 g/mol. The van der Waals surface area contributed by atoms with Gasteiger partial charge in [-0.2, -0.15) is 23.3 Å². The van der Waals surface area contributed by atoms with Crippen molar-refractivity contribution in [2.45, 2.75) is 59.0 Å². The molecule has 4 nitrogen and oxygen atoms in total. The average Bonchev–Trinajstić information content (AvgIpc) is 3.22. The van der Waals surface area contributed by atoms with Gasteiger partial charge in [-0.15, -0.1) is 18.8 Å². The van der Waals surface area contributed by atoms with Crippen molar-refractivity contribution >= 4 is 16.6 Å². The predicted molar refractivity (Wildman–Crippen MR) is 119 cm³/mol. The molecule has 2 aliphatic rings. The Labute approximate surface area is 223 Å². The zero-order chi connectivity index (χ0) is 20.8. The second-order valence-corrected chi connectivity index (χ2v) is 18.1.